The van der Waals surface area contributed by atoms with Crippen LogP contribution in [-0.4, -0.2) is 25.0 Å². The van der Waals surface area contributed by atoms with E-state index in [0.29, 0.717) is 23.7 Å². The monoisotopic (exact) mass is 356 g/mol. The topological polar surface area (TPSA) is 76.7 Å². The van der Waals surface area contributed by atoms with Gasteiger partial charge < -0.3 is 9.47 Å². The largest absolute Gasteiger partial charge is 0.494 e. The maximum Gasteiger partial charge on any atom is 0.276 e. The number of hydrogen-bond acceptors (Lipinski definition) is 4. The van der Waals surface area contributed by atoms with Crippen molar-refractivity contribution in [3.8, 4) is 11.5 Å². The smallest absolute Gasteiger partial charge is 0.276 e. The molecule has 26 heavy (non-hydrogen) atoms. The van der Waals surface area contributed by atoms with Gasteiger partial charge in [0.2, 0.25) is 0 Å². The zero-order chi connectivity index (χ0) is 18.9. The third-order valence-corrected chi connectivity index (χ3v) is 3.62. The molecule has 0 aliphatic rings. The molecule has 0 saturated heterocycles. The number of carbonyl (C=O) groups is 2. The minimum atomic E-state index is -0.446. The summed E-state index contributed by atoms with van der Waals surface area (Å²) in [5.74, 6) is 0.667. The molecule has 0 aromatic heterocycles. The summed E-state index contributed by atoms with van der Waals surface area (Å²) < 4.78 is 10.9. The van der Waals surface area contributed by atoms with Crippen molar-refractivity contribution in [3.63, 3.8) is 0 Å². The Hall–Kier alpha value is -3.02. The number of nitrogens with one attached hydrogen (secondary N) is 2. The molecule has 0 spiro atoms. The highest BCUT2D eigenvalue weighted by Crippen LogP contribution is 2.25. The average molecular weight is 356 g/mol. The normalized spacial score (nSPS) is 10.3. The van der Waals surface area contributed by atoms with Gasteiger partial charge in [-0.15, -0.1) is 0 Å². The second kappa shape index (κ2) is 9.46. The lowest BCUT2D eigenvalue weighted by Crippen LogP contribution is -2.43. The predicted molar refractivity (Wildman–Crippen MR) is 99.2 cm³/mol. The fourth-order valence-corrected chi connectivity index (χ4v) is 2.36. The van der Waals surface area contributed by atoms with Gasteiger partial charge >= 0.3 is 0 Å². The molecule has 0 fully saturated rings. The highest BCUT2D eigenvalue weighted by Gasteiger charge is 2.11. The number of para-hydroxylation sites is 1. The Labute approximate surface area is 153 Å². The van der Waals surface area contributed by atoms with Crippen LogP contribution in [0.5, 0.6) is 11.5 Å². The first-order valence-electron chi connectivity index (χ1n) is 8.55. The molecule has 138 valence electrons. The molecular weight excluding hydrogens is 332 g/mol. The van der Waals surface area contributed by atoms with Gasteiger partial charge in [0.15, 0.2) is 6.61 Å². The molecule has 2 amide bonds. The van der Waals surface area contributed by atoms with E-state index in [1.165, 1.54) is 0 Å². The first-order valence-corrected chi connectivity index (χ1v) is 8.55. The van der Waals surface area contributed by atoms with E-state index in [4.69, 9.17) is 9.47 Å². The summed E-state index contributed by atoms with van der Waals surface area (Å²) in [5.41, 5.74) is 6.13. The maximum atomic E-state index is 12.1. The summed E-state index contributed by atoms with van der Waals surface area (Å²) in [5, 5.41) is 0. The molecule has 0 bridgehead atoms. The Balaban J connectivity index is 1.85. The quantitative estimate of drug-likeness (QED) is 0.748. The summed E-state index contributed by atoms with van der Waals surface area (Å²) in [6, 6.07) is 14.3. The van der Waals surface area contributed by atoms with Crippen LogP contribution in [0.15, 0.2) is 48.5 Å². The first-order chi connectivity index (χ1) is 12.5. The molecule has 0 saturated carbocycles. The molecule has 0 heterocycles. The van der Waals surface area contributed by atoms with E-state index in [1.807, 2.05) is 31.2 Å². The van der Waals surface area contributed by atoms with E-state index >= 15 is 0 Å². The van der Waals surface area contributed by atoms with Crippen LogP contribution in [0.1, 0.15) is 42.6 Å². The third-order valence-electron chi connectivity index (χ3n) is 3.62. The van der Waals surface area contributed by atoms with Crippen molar-refractivity contribution in [2.24, 2.45) is 0 Å². The van der Waals surface area contributed by atoms with Crippen LogP contribution in [-0.2, 0) is 4.79 Å². The van der Waals surface area contributed by atoms with Crippen molar-refractivity contribution < 1.29 is 19.1 Å². The lowest BCUT2D eigenvalue weighted by molar-refractivity contribution is -0.123. The number of benzene rings is 2. The fraction of sp³-hybridized carbons (Fsp3) is 0.300. The van der Waals surface area contributed by atoms with Crippen molar-refractivity contribution in [3.05, 3.63) is 59.7 Å². The van der Waals surface area contributed by atoms with Crippen LogP contribution in [0, 0.1) is 0 Å². The number of hydrazine groups is 1. The van der Waals surface area contributed by atoms with Crippen molar-refractivity contribution in [1.29, 1.82) is 0 Å². The molecule has 0 aliphatic carbocycles. The fourth-order valence-electron chi connectivity index (χ4n) is 2.36. The van der Waals surface area contributed by atoms with Crippen LogP contribution in [0.2, 0.25) is 0 Å². The molecule has 2 aromatic carbocycles. The maximum absolute atomic E-state index is 12.1. The second-order valence-corrected chi connectivity index (χ2v) is 5.94. The van der Waals surface area contributed by atoms with E-state index in [1.54, 1.807) is 24.3 Å². The minimum absolute atomic E-state index is 0.191. The standard InChI is InChI=1S/C20H24N2O4/c1-4-25-16-9-7-8-15(12-16)20(24)22-21-19(23)13-26-18-11-6-5-10-17(18)14(2)3/h5-12,14H,4,13H2,1-3H3,(H,21,23)(H,22,24). The summed E-state index contributed by atoms with van der Waals surface area (Å²) in [7, 11) is 0. The Bertz CT molecular complexity index is 759. The number of hydrogen-bond donors (Lipinski definition) is 2. The molecule has 2 rings (SSSR count). The molecule has 2 N–H and O–H groups in total. The van der Waals surface area contributed by atoms with Gasteiger partial charge in [0, 0.05) is 5.56 Å². The summed E-state index contributed by atoms with van der Waals surface area (Å²) in [6.45, 7) is 6.29. The van der Waals surface area contributed by atoms with Crippen LogP contribution in [0.3, 0.4) is 0 Å². The van der Waals surface area contributed by atoms with Gasteiger partial charge in [-0.2, -0.15) is 0 Å². The summed E-state index contributed by atoms with van der Waals surface area (Å²) in [4.78, 5) is 24.0. The van der Waals surface area contributed by atoms with Gasteiger partial charge in [-0.05, 0) is 42.7 Å². The molecule has 0 atom stereocenters. The second-order valence-electron chi connectivity index (χ2n) is 5.94. The number of rotatable bonds is 7. The predicted octanol–water partition coefficient (Wildman–Crippen LogP) is 3.05. The van der Waals surface area contributed by atoms with Gasteiger partial charge in [-0.1, -0.05) is 38.1 Å². The van der Waals surface area contributed by atoms with Gasteiger partial charge in [0.1, 0.15) is 11.5 Å². The van der Waals surface area contributed by atoms with Crippen LogP contribution in [0.25, 0.3) is 0 Å². The zero-order valence-electron chi connectivity index (χ0n) is 15.2. The van der Waals surface area contributed by atoms with E-state index < -0.39 is 11.8 Å². The zero-order valence-corrected chi connectivity index (χ0v) is 15.2. The van der Waals surface area contributed by atoms with Gasteiger partial charge in [-0.3, -0.25) is 20.4 Å². The molecule has 0 aliphatic heterocycles. The Morgan fingerprint density at radius 1 is 1.00 bits per heavy atom. The molecule has 6 nitrogen and oxygen atoms in total. The van der Waals surface area contributed by atoms with E-state index in [2.05, 4.69) is 24.7 Å². The highest BCUT2D eigenvalue weighted by atomic mass is 16.5. The molecule has 0 radical (unpaired) electrons. The minimum Gasteiger partial charge on any atom is -0.494 e. The summed E-state index contributed by atoms with van der Waals surface area (Å²) >= 11 is 0. The van der Waals surface area contributed by atoms with Crippen LogP contribution < -0.4 is 20.3 Å². The van der Waals surface area contributed by atoms with Crippen molar-refractivity contribution in [2.75, 3.05) is 13.2 Å². The first kappa shape index (κ1) is 19.3. The summed E-state index contributed by atoms with van der Waals surface area (Å²) in [6.07, 6.45) is 0. The highest BCUT2D eigenvalue weighted by molar-refractivity contribution is 5.95. The molecule has 0 unspecified atom stereocenters. The van der Waals surface area contributed by atoms with Crippen molar-refractivity contribution in [1.82, 2.24) is 10.9 Å². The van der Waals surface area contributed by atoms with E-state index in [-0.39, 0.29) is 12.5 Å². The van der Waals surface area contributed by atoms with Crippen molar-refractivity contribution in [2.45, 2.75) is 26.7 Å². The Morgan fingerprint density at radius 3 is 2.50 bits per heavy atom. The Morgan fingerprint density at radius 2 is 1.77 bits per heavy atom. The van der Waals surface area contributed by atoms with E-state index in [0.717, 1.165) is 5.56 Å². The number of carbonyl (C=O) groups excluding carboxylic acids is 2. The molecule has 6 heteroatoms. The molecule has 2 aromatic rings. The van der Waals surface area contributed by atoms with Gasteiger partial charge in [0.05, 0.1) is 6.61 Å². The SMILES string of the molecule is CCOc1cccc(C(=O)NNC(=O)COc2ccccc2C(C)C)c1. The van der Waals surface area contributed by atoms with Crippen LogP contribution >= 0.6 is 0 Å². The lowest BCUT2D eigenvalue weighted by Gasteiger charge is -2.14. The van der Waals surface area contributed by atoms with Crippen LogP contribution in [0.4, 0.5) is 0 Å². The van der Waals surface area contributed by atoms with E-state index in [9.17, 15) is 9.59 Å². The van der Waals surface area contributed by atoms with Gasteiger partial charge in [0.25, 0.3) is 11.8 Å². The van der Waals surface area contributed by atoms with Gasteiger partial charge in [-0.25, -0.2) is 0 Å². The lowest BCUT2D eigenvalue weighted by atomic mass is 10.0. The molecular formula is C20H24N2O4. The van der Waals surface area contributed by atoms with Crippen molar-refractivity contribution >= 4 is 11.8 Å². The average Bonchev–Trinajstić information content (AvgIpc) is 2.65. The number of amides is 2. The number of ether oxygens (including phenoxy) is 2. The Kier molecular flexibility index (Phi) is 7.02. The third kappa shape index (κ3) is 5.51.